The molecule has 0 amide bonds. The summed E-state index contributed by atoms with van der Waals surface area (Å²) >= 11 is 0. The predicted octanol–water partition coefficient (Wildman–Crippen LogP) is 1.50. The van der Waals surface area contributed by atoms with Gasteiger partial charge in [0.15, 0.2) is 0 Å². The summed E-state index contributed by atoms with van der Waals surface area (Å²) in [5, 5.41) is 10.5. The number of aromatic nitrogens is 2. The number of ether oxygens (including phenoxy) is 1. The van der Waals surface area contributed by atoms with Crippen LogP contribution >= 0.6 is 0 Å². The molecule has 0 aromatic carbocycles. The highest BCUT2D eigenvalue weighted by atomic mass is 16.6. The molecule has 6 heteroatoms. The maximum atomic E-state index is 10.5. The quantitative estimate of drug-likeness (QED) is 0.519. The molecule has 80 valence electrons. The van der Waals surface area contributed by atoms with Crippen molar-refractivity contribution in [3.05, 3.63) is 16.3 Å². The molecule has 1 aliphatic carbocycles. The molecule has 6 nitrogen and oxygen atoms in total. The van der Waals surface area contributed by atoms with E-state index in [9.17, 15) is 10.1 Å². The fourth-order valence-electron chi connectivity index (χ4n) is 2.48. The van der Waals surface area contributed by atoms with E-state index in [1.807, 2.05) is 0 Å². The van der Waals surface area contributed by atoms with E-state index in [1.54, 1.807) is 4.57 Å². The zero-order chi connectivity index (χ0) is 10.5. The number of rotatable bonds is 1. The van der Waals surface area contributed by atoms with Crippen LogP contribution < -0.4 is 4.74 Å². The molecule has 0 radical (unpaired) electrons. The molecule has 0 unspecified atom stereocenters. The van der Waals surface area contributed by atoms with Gasteiger partial charge in [0.1, 0.15) is 11.8 Å². The molecule has 1 aromatic heterocycles. The first-order chi connectivity index (χ1) is 7.19. The maximum Gasteiger partial charge on any atom is 0.415 e. The van der Waals surface area contributed by atoms with Gasteiger partial charge in [0.05, 0.1) is 6.54 Å². The van der Waals surface area contributed by atoms with Gasteiger partial charge in [0, 0.05) is 4.98 Å². The number of imidazole rings is 1. The van der Waals surface area contributed by atoms with Crippen LogP contribution in [0.15, 0.2) is 6.20 Å². The highest BCUT2D eigenvalue weighted by Gasteiger charge is 2.45. The molecule has 3 rings (SSSR count). The summed E-state index contributed by atoms with van der Waals surface area (Å²) < 4.78 is 7.49. The van der Waals surface area contributed by atoms with Crippen LogP contribution in [-0.2, 0) is 6.54 Å². The molecule has 1 fully saturated rings. The largest absolute Gasteiger partial charge is 0.437 e. The highest BCUT2D eigenvalue weighted by molar-refractivity contribution is 5.24. The summed E-state index contributed by atoms with van der Waals surface area (Å²) in [7, 11) is 0. The summed E-state index contributed by atoms with van der Waals surface area (Å²) in [5.74, 6) is -0.127. The molecular formula is C9H11N3O3. The van der Waals surface area contributed by atoms with Crippen molar-refractivity contribution in [2.75, 3.05) is 0 Å². The standard InChI is InChI=1S/C9H11N3O3/c13-12(14)7-5-11-6-9(3-1-2-4-9)15-8(11)10-7/h5H,1-4,6H2. The Kier molecular flexibility index (Phi) is 1.57. The lowest BCUT2D eigenvalue weighted by molar-refractivity contribution is -0.389. The van der Waals surface area contributed by atoms with E-state index in [0.717, 1.165) is 12.8 Å². The molecule has 2 heterocycles. The van der Waals surface area contributed by atoms with E-state index in [4.69, 9.17) is 4.74 Å². The van der Waals surface area contributed by atoms with Gasteiger partial charge in [-0.1, -0.05) is 0 Å². The SMILES string of the molecule is O=[N+]([O-])c1cn2c(n1)OC1(CCCC1)C2. The third kappa shape index (κ3) is 1.20. The Morgan fingerprint density at radius 3 is 2.87 bits per heavy atom. The van der Waals surface area contributed by atoms with Crippen molar-refractivity contribution in [1.29, 1.82) is 0 Å². The molecule has 1 aliphatic heterocycles. The molecule has 1 saturated carbocycles. The average Bonchev–Trinajstić information content (AvgIpc) is 2.80. The minimum Gasteiger partial charge on any atom is -0.437 e. The Labute approximate surface area is 86.0 Å². The van der Waals surface area contributed by atoms with Gasteiger partial charge in [0.25, 0.3) is 0 Å². The number of hydrogen-bond acceptors (Lipinski definition) is 4. The first-order valence-corrected chi connectivity index (χ1v) is 5.09. The van der Waals surface area contributed by atoms with Gasteiger partial charge in [-0.05, 0) is 30.6 Å². The van der Waals surface area contributed by atoms with Crippen molar-refractivity contribution in [2.45, 2.75) is 37.8 Å². The van der Waals surface area contributed by atoms with E-state index >= 15 is 0 Å². The second-order valence-electron chi connectivity index (χ2n) is 4.26. The molecule has 2 aliphatic rings. The first kappa shape index (κ1) is 8.70. The van der Waals surface area contributed by atoms with Crippen LogP contribution in [0, 0.1) is 10.1 Å². The van der Waals surface area contributed by atoms with Crippen molar-refractivity contribution in [2.24, 2.45) is 0 Å². The van der Waals surface area contributed by atoms with Crippen molar-refractivity contribution >= 4 is 5.82 Å². The van der Waals surface area contributed by atoms with Gasteiger partial charge >= 0.3 is 11.8 Å². The molecule has 0 N–H and O–H groups in total. The lowest BCUT2D eigenvalue weighted by Crippen LogP contribution is -2.31. The molecule has 0 atom stereocenters. The van der Waals surface area contributed by atoms with Crippen LogP contribution in [0.25, 0.3) is 0 Å². The Morgan fingerprint density at radius 2 is 2.27 bits per heavy atom. The van der Waals surface area contributed by atoms with Gasteiger partial charge in [-0.3, -0.25) is 4.57 Å². The summed E-state index contributed by atoms with van der Waals surface area (Å²) in [6.45, 7) is 0.711. The maximum absolute atomic E-state index is 10.5. The third-order valence-electron chi connectivity index (χ3n) is 3.20. The summed E-state index contributed by atoms with van der Waals surface area (Å²) in [6, 6.07) is 0.406. The first-order valence-electron chi connectivity index (χ1n) is 5.09. The Hall–Kier alpha value is -1.59. The van der Waals surface area contributed by atoms with Crippen LogP contribution in [0.5, 0.6) is 6.01 Å². The topological polar surface area (TPSA) is 70.2 Å². The fourth-order valence-corrected chi connectivity index (χ4v) is 2.48. The second kappa shape index (κ2) is 2.71. The Bertz CT molecular complexity index is 395. The van der Waals surface area contributed by atoms with Crippen molar-refractivity contribution in [1.82, 2.24) is 9.55 Å². The van der Waals surface area contributed by atoms with Gasteiger partial charge in [-0.2, -0.15) is 0 Å². The molecule has 15 heavy (non-hydrogen) atoms. The zero-order valence-corrected chi connectivity index (χ0v) is 8.18. The Morgan fingerprint density at radius 1 is 1.53 bits per heavy atom. The average molecular weight is 209 g/mol. The van der Waals surface area contributed by atoms with E-state index in [0.29, 0.717) is 12.6 Å². The minimum atomic E-state index is -0.490. The lowest BCUT2D eigenvalue weighted by atomic mass is 10.0. The summed E-state index contributed by atoms with van der Waals surface area (Å²) in [4.78, 5) is 13.9. The van der Waals surface area contributed by atoms with Gasteiger partial charge in [-0.25, -0.2) is 0 Å². The van der Waals surface area contributed by atoms with Crippen LogP contribution in [0.2, 0.25) is 0 Å². The molecule has 1 aromatic rings. The molecular weight excluding hydrogens is 198 g/mol. The summed E-state index contributed by atoms with van der Waals surface area (Å²) in [6.07, 6.45) is 5.87. The number of nitrogens with zero attached hydrogens (tertiary/aromatic N) is 3. The van der Waals surface area contributed by atoms with Crippen molar-refractivity contribution in [3.8, 4) is 6.01 Å². The predicted molar refractivity (Wildman–Crippen MR) is 50.7 cm³/mol. The molecule has 0 saturated heterocycles. The molecule has 0 bridgehead atoms. The fraction of sp³-hybridized carbons (Fsp3) is 0.667. The van der Waals surface area contributed by atoms with E-state index in [-0.39, 0.29) is 11.4 Å². The molecule has 1 spiro atoms. The number of fused-ring (bicyclic) bond motifs is 1. The normalized spacial score (nSPS) is 21.6. The highest BCUT2D eigenvalue weighted by Crippen LogP contribution is 2.41. The lowest BCUT2D eigenvalue weighted by Gasteiger charge is -2.19. The Balaban J connectivity index is 1.89. The van der Waals surface area contributed by atoms with E-state index in [2.05, 4.69) is 4.98 Å². The number of nitro groups is 1. The van der Waals surface area contributed by atoms with E-state index < -0.39 is 4.92 Å². The van der Waals surface area contributed by atoms with Crippen LogP contribution in [0.1, 0.15) is 25.7 Å². The van der Waals surface area contributed by atoms with Crippen LogP contribution in [-0.4, -0.2) is 20.1 Å². The van der Waals surface area contributed by atoms with E-state index in [1.165, 1.54) is 19.0 Å². The van der Waals surface area contributed by atoms with Gasteiger partial charge < -0.3 is 14.9 Å². The third-order valence-corrected chi connectivity index (χ3v) is 3.20. The van der Waals surface area contributed by atoms with Crippen LogP contribution in [0.3, 0.4) is 0 Å². The zero-order valence-electron chi connectivity index (χ0n) is 8.18. The van der Waals surface area contributed by atoms with Crippen LogP contribution in [0.4, 0.5) is 5.82 Å². The smallest absolute Gasteiger partial charge is 0.415 e. The van der Waals surface area contributed by atoms with Gasteiger partial charge in [-0.15, -0.1) is 0 Å². The number of hydrogen-bond donors (Lipinski definition) is 0. The van der Waals surface area contributed by atoms with Crippen molar-refractivity contribution in [3.63, 3.8) is 0 Å². The summed E-state index contributed by atoms with van der Waals surface area (Å²) in [5.41, 5.74) is -0.114. The monoisotopic (exact) mass is 209 g/mol. The second-order valence-corrected chi connectivity index (χ2v) is 4.26. The van der Waals surface area contributed by atoms with Gasteiger partial charge in [0.2, 0.25) is 0 Å². The minimum absolute atomic E-state index is 0.114. The van der Waals surface area contributed by atoms with Crippen molar-refractivity contribution < 1.29 is 9.66 Å².